The number of likely N-dealkylation sites (tertiary alicyclic amines) is 1. The normalized spacial score (nSPS) is 19.0. The van der Waals surface area contributed by atoms with Gasteiger partial charge in [0.1, 0.15) is 5.78 Å². The van der Waals surface area contributed by atoms with Crippen molar-refractivity contribution in [1.29, 1.82) is 0 Å². The van der Waals surface area contributed by atoms with Crippen molar-refractivity contribution < 1.29 is 14.4 Å². The van der Waals surface area contributed by atoms with Crippen LogP contribution in [0.1, 0.15) is 30.1 Å². The van der Waals surface area contributed by atoms with E-state index in [0.29, 0.717) is 25.1 Å². The Balaban J connectivity index is 2.04. The maximum atomic E-state index is 12.2. The Morgan fingerprint density at radius 1 is 1.30 bits per heavy atom. The molecule has 0 saturated carbocycles. The van der Waals surface area contributed by atoms with Gasteiger partial charge in [0, 0.05) is 48.8 Å². The first-order valence-electron chi connectivity index (χ1n) is 6.54. The molecule has 4 nitrogen and oxygen atoms in total. The fraction of sp³-hybridized carbons (Fsp3) is 0.400. The fourth-order valence-electron chi connectivity index (χ4n) is 2.35. The number of hydrogen-bond donors (Lipinski definition) is 0. The fourth-order valence-corrected chi connectivity index (χ4v) is 2.61. The lowest BCUT2D eigenvalue weighted by atomic mass is 9.90. The van der Waals surface area contributed by atoms with E-state index in [9.17, 15) is 14.4 Å². The van der Waals surface area contributed by atoms with Crippen LogP contribution in [0.5, 0.6) is 0 Å². The van der Waals surface area contributed by atoms with Crippen molar-refractivity contribution >= 4 is 33.4 Å². The SMILES string of the molecule is CC(=O)N1CCC(=O)C(CC(=O)c2ccc(Br)cc2)C1. The van der Waals surface area contributed by atoms with E-state index in [2.05, 4.69) is 15.9 Å². The maximum absolute atomic E-state index is 12.2. The van der Waals surface area contributed by atoms with Gasteiger partial charge in [0.25, 0.3) is 0 Å². The lowest BCUT2D eigenvalue weighted by Gasteiger charge is -2.30. The van der Waals surface area contributed by atoms with Crippen LogP contribution in [0.15, 0.2) is 28.7 Å². The molecule has 1 atom stereocenters. The molecule has 106 valence electrons. The van der Waals surface area contributed by atoms with Gasteiger partial charge in [0.05, 0.1) is 0 Å². The first-order chi connectivity index (χ1) is 9.47. The van der Waals surface area contributed by atoms with E-state index in [1.807, 2.05) is 0 Å². The van der Waals surface area contributed by atoms with Crippen LogP contribution in [0.25, 0.3) is 0 Å². The van der Waals surface area contributed by atoms with E-state index >= 15 is 0 Å². The minimum Gasteiger partial charge on any atom is -0.342 e. The second-order valence-electron chi connectivity index (χ2n) is 5.01. The van der Waals surface area contributed by atoms with E-state index < -0.39 is 0 Å². The summed E-state index contributed by atoms with van der Waals surface area (Å²) in [5.41, 5.74) is 0.598. The summed E-state index contributed by atoms with van der Waals surface area (Å²) in [6, 6.07) is 7.08. The molecule has 1 aromatic rings. The minimum absolute atomic E-state index is 0.0430. The summed E-state index contributed by atoms with van der Waals surface area (Å²) in [4.78, 5) is 37.1. The number of hydrogen-bond acceptors (Lipinski definition) is 3. The van der Waals surface area contributed by atoms with Gasteiger partial charge in [-0.05, 0) is 12.1 Å². The number of carbonyl (C=O) groups excluding carboxylic acids is 3. The highest BCUT2D eigenvalue weighted by atomic mass is 79.9. The molecule has 1 aliphatic rings. The van der Waals surface area contributed by atoms with Gasteiger partial charge in [0.2, 0.25) is 5.91 Å². The van der Waals surface area contributed by atoms with E-state index in [-0.39, 0.29) is 29.8 Å². The van der Waals surface area contributed by atoms with E-state index in [0.717, 1.165) is 4.47 Å². The smallest absolute Gasteiger partial charge is 0.219 e. The molecule has 1 aliphatic heterocycles. The van der Waals surface area contributed by atoms with Crippen LogP contribution >= 0.6 is 15.9 Å². The van der Waals surface area contributed by atoms with Gasteiger partial charge in [0.15, 0.2) is 5.78 Å². The molecule has 1 amide bonds. The van der Waals surface area contributed by atoms with Crippen LogP contribution in [0.2, 0.25) is 0 Å². The summed E-state index contributed by atoms with van der Waals surface area (Å²) in [5.74, 6) is -0.392. The van der Waals surface area contributed by atoms with Crippen LogP contribution < -0.4 is 0 Å². The maximum Gasteiger partial charge on any atom is 0.219 e. The van der Waals surface area contributed by atoms with Gasteiger partial charge in [-0.2, -0.15) is 0 Å². The lowest BCUT2D eigenvalue weighted by Crippen LogP contribution is -2.43. The number of ketones is 2. The third-order valence-electron chi connectivity index (χ3n) is 3.57. The number of piperidine rings is 1. The van der Waals surface area contributed by atoms with Crippen molar-refractivity contribution in [3.63, 3.8) is 0 Å². The Hall–Kier alpha value is -1.49. The van der Waals surface area contributed by atoms with E-state index in [4.69, 9.17) is 0 Å². The Bertz CT molecular complexity index is 539. The van der Waals surface area contributed by atoms with Gasteiger partial charge in [-0.25, -0.2) is 0 Å². The number of nitrogens with zero attached hydrogens (tertiary/aromatic N) is 1. The molecule has 0 aliphatic carbocycles. The monoisotopic (exact) mass is 337 g/mol. The lowest BCUT2D eigenvalue weighted by molar-refractivity contribution is -0.135. The molecule has 0 radical (unpaired) electrons. The van der Waals surface area contributed by atoms with Crippen LogP contribution in [-0.2, 0) is 9.59 Å². The first-order valence-corrected chi connectivity index (χ1v) is 7.33. The predicted octanol–water partition coefficient (Wildman–Crippen LogP) is 2.46. The highest BCUT2D eigenvalue weighted by molar-refractivity contribution is 9.10. The standard InChI is InChI=1S/C15H16BrNO3/c1-10(18)17-7-6-14(19)12(9-17)8-15(20)11-2-4-13(16)5-3-11/h2-5,12H,6-9H2,1H3. The van der Waals surface area contributed by atoms with Gasteiger partial charge < -0.3 is 4.90 Å². The molecule has 1 aromatic carbocycles. The number of halogens is 1. The van der Waals surface area contributed by atoms with Crippen LogP contribution in [0, 0.1) is 5.92 Å². The van der Waals surface area contributed by atoms with Gasteiger partial charge in [-0.3, -0.25) is 14.4 Å². The van der Waals surface area contributed by atoms with Crippen molar-refractivity contribution in [2.24, 2.45) is 5.92 Å². The zero-order valence-electron chi connectivity index (χ0n) is 11.3. The first kappa shape index (κ1) is 14.9. The van der Waals surface area contributed by atoms with Gasteiger partial charge in [-0.1, -0.05) is 28.1 Å². The second-order valence-corrected chi connectivity index (χ2v) is 5.93. The Kier molecular flexibility index (Phi) is 4.70. The van der Waals surface area contributed by atoms with Crippen LogP contribution in [0.4, 0.5) is 0 Å². The van der Waals surface area contributed by atoms with Crippen LogP contribution in [0.3, 0.4) is 0 Å². The summed E-state index contributed by atoms with van der Waals surface area (Å²) >= 11 is 3.32. The van der Waals surface area contributed by atoms with E-state index in [1.165, 1.54) is 6.92 Å². The molecule has 0 N–H and O–H groups in total. The average Bonchev–Trinajstić information content (AvgIpc) is 2.41. The molecule has 20 heavy (non-hydrogen) atoms. The zero-order valence-corrected chi connectivity index (χ0v) is 12.9. The molecule has 2 rings (SSSR count). The molecule has 1 unspecified atom stereocenters. The Morgan fingerprint density at radius 3 is 2.55 bits per heavy atom. The molecular weight excluding hydrogens is 322 g/mol. The van der Waals surface area contributed by atoms with E-state index in [1.54, 1.807) is 29.2 Å². The summed E-state index contributed by atoms with van der Waals surface area (Å²) in [7, 11) is 0. The summed E-state index contributed by atoms with van der Waals surface area (Å²) < 4.78 is 0.908. The molecular formula is C15H16BrNO3. The van der Waals surface area contributed by atoms with Crippen molar-refractivity contribution in [3.8, 4) is 0 Å². The second kappa shape index (κ2) is 6.31. The van der Waals surface area contributed by atoms with Gasteiger partial charge >= 0.3 is 0 Å². The largest absolute Gasteiger partial charge is 0.342 e. The highest BCUT2D eigenvalue weighted by Crippen LogP contribution is 2.20. The molecule has 1 fully saturated rings. The molecule has 0 spiro atoms. The summed E-state index contributed by atoms with van der Waals surface area (Å²) in [6.45, 7) is 2.32. The van der Waals surface area contributed by atoms with Crippen molar-refractivity contribution in [2.45, 2.75) is 19.8 Å². The van der Waals surface area contributed by atoms with Crippen molar-refractivity contribution in [1.82, 2.24) is 4.90 Å². The molecule has 0 bridgehead atoms. The third kappa shape index (κ3) is 3.54. The van der Waals surface area contributed by atoms with Crippen molar-refractivity contribution in [3.05, 3.63) is 34.3 Å². The van der Waals surface area contributed by atoms with Crippen LogP contribution in [-0.4, -0.2) is 35.5 Å². The molecule has 1 saturated heterocycles. The van der Waals surface area contributed by atoms with Gasteiger partial charge in [-0.15, -0.1) is 0 Å². The minimum atomic E-state index is -0.371. The number of benzene rings is 1. The molecule has 1 heterocycles. The zero-order chi connectivity index (χ0) is 14.7. The number of rotatable bonds is 3. The highest BCUT2D eigenvalue weighted by Gasteiger charge is 2.30. The number of carbonyl (C=O) groups is 3. The molecule has 5 heteroatoms. The number of amides is 1. The third-order valence-corrected chi connectivity index (χ3v) is 4.10. The predicted molar refractivity (Wildman–Crippen MR) is 78.5 cm³/mol. The topological polar surface area (TPSA) is 54.5 Å². The Labute approximate surface area is 126 Å². The Morgan fingerprint density at radius 2 is 1.95 bits per heavy atom. The van der Waals surface area contributed by atoms with Crippen molar-refractivity contribution in [2.75, 3.05) is 13.1 Å². The summed E-state index contributed by atoms with van der Waals surface area (Å²) in [5, 5.41) is 0. The summed E-state index contributed by atoms with van der Waals surface area (Å²) in [6.07, 6.45) is 0.516. The quantitative estimate of drug-likeness (QED) is 0.796. The average molecular weight is 338 g/mol. The number of Topliss-reactive ketones (excluding diaryl/α,β-unsaturated/α-hetero) is 2. The molecule has 0 aromatic heterocycles.